The molecule has 0 aromatic rings. The van der Waals surface area contributed by atoms with Crippen molar-refractivity contribution in [3.8, 4) is 0 Å². The normalized spacial score (nSPS) is 19.9. The van der Waals surface area contributed by atoms with Crippen molar-refractivity contribution in [2.45, 2.75) is 37.1 Å². The first kappa shape index (κ1) is 12.2. The summed E-state index contributed by atoms with van der Waals surface area (Å²) in [6, 6.07) is 0. The zero-order chi connectivity index (χ0) is 11.7. The Morgan fingerprint density at radius 2 is 2.00 bits per heavy atom. The van der Waals surface area contributed by atoms with Crippen molar-refractivity contribution < 1.29 is 22.4 Å². The second-order valence-electron chi connectivity index (χ2n) is 3.75. The molecule has 0 bridgehead atoms. The van der Waals surface area contributed by atoms with Gasteiger partial charge in [-0.3, -0.25) is 4.79 Å². The van der Waals surface area contributed by atoms with E-state index in [-0.39, 0.29) is 0 Å². The van der Waals surface area contributed by atoms with E-state index in [0.717, 1.165) is 6.42 Å². The van der Waals surface area contributed by atoms with Gasteiger partial charge in [0.1, 0.15) is 0 Å². The van der Waals surface area contributed by atoms with Gasteiger partial charge in [-0.2, -0.15) is 8.78 Å². The highest BCUT2D eigenvalue weighted by Crippen LogP contribution is 2.29. The molecule has 0 aliphatic heterocycles. The number of carbonyl (C=O) groups excluding carboxylic acids is 1. The van der Waals surface area contributed by atoms with Crippen molar-refractivity contribution in [3.63, 3.8) is 0 Å². The molecule has 0 unspecified atom stereocenters. The van der Waals surface area contributed by atoms with Crippen LogP contribution in [0.25, 0.3) is 0 Å². The molecule has 0 aromatic carbocycles. The second-order valence-corrected chi connectivity index (χ2v) is 3.75. The third-order valence-electron chi connectivity index (χ3n) is 2.50. The van der Waals surface area contributed by atoms with Gasteiger partial charge in [0.2, 0.25) is 5.91 Å². The SMILES string of the molecule is NC1(C(=O)NCC(F)(F)C(F)F)CCC1. The Balaban J connectivity index is 2.40. The molecule has 1 rings (SSSR count). The molecule has 7 heteroatoms. The second kappa shape index (κ2) is 3.96. The quantitative estimate of drug-likeness (QED) is 0.702. The van der Waals surface area contributed by atoms with Gasteiger partial charge in [0, 0.05) is 0 Å². The van der Waals surface area contributed by atoms with E-state index in [1.807, 2.05) is 0 Å². The Kier molecular flexibility index (Phi) is 3.22. The molecular formula is C8H12F4N2O. The first-order chi connectivity index (χ1) is 6.78. The summed E-state index contributed by atoms with van der Waals surface area (Å²) < 4.78 is 48.3. The average Bonchev–Trinajstić information content (AvgIpc) is 2.10. The Hall–Kier alpha value is -0.850. The zero-order valence-corrected chi connectivity index (χ0v) is 7.90. The summed E-state index contributed by atoms with van der Waals surface area (Å²) in [5.41, 5.74) is 4.37. The average molecular weight is 228 g/mol. The molecule has 1 amide bonds. The lowest BCUT2D eigenvalue weighted by molar-refractivity contribution is -0.141. The predicted octanol–water partition coefficient (Wildman–Crippen LogP) is 0.884. The maximum Gasteiger partial charge on any atom is 0.324 e. The number of carbonyl (C=O) groups is 1. The molecule has 1 aliphatic rings. The van der Waals surface area contributed by atoms with Crippen molar-refractivity contribution in [3.05, 3.63) is 0 Å². The Bertz CT molecular complexity index is 253. The number of nitrogens with one attached hydrogen (secondary N) is 1. The highest BCUT2D eigenvalue weighted by molar-refractivity contribution is 5.87. The number of rotatable bonds is 4. The van der Waals surface area contributed by atoms with Crippen molar-refractivity contribution in [2.75, 3.05) is 6.54 Å². The van der Waals surface area contributed by atoms with Gasteiger partial charge in [-0.05, 0) is 19.3 Å². The van der Waals surface area contributed by atoms with E-state index >= 15 is 0 Å². The predicted molar refractivity (Wildman–Crippen MR) is 44.7 cm³/mol. The summed E-state index contributed by atoms with van der Waals surface area (Å²) in [5, 5.41) is 1.75. The van der Waals surface area contributed by atoms with Gasteiger partial charge in [-0.1, -0.05) is 0 Å². The molecule has 3 nitrogen and oxygen atoms in total. The van der Waals surface area contributed by atoms with Crippen LogP contribution >= 0.6 is 0 Å². The molecule has 0 atom stereocenters. The maximum absolute atomic E-state index is 12.4. The van der Waals surface area contributed by atoms with Crippen LogP contribution in [0.1, 0.15) is 19.3 Å². The molecule has 0 aromatic heterocycles. The summed E-state index contributed by atoms with van der Waals surface area (Å²) in [6.45, 7) is -1.37. The Morgan fingerprint density at radius 1 is 1.47 bits per heavy atom. The van der Waals surface area contributed by atoms with Crippen molar-refractivity contribution in [1.29, 1.82) is 0 Å². The van der Waals surface area contributed by atoms with E-state index in [9.17, 15) is 22.4 Å². The van der Waals surface area contributed by atoms with Crippen LogP contribution in [-0.2, 0) is 4.79 Å². The molecular weight excluding hydrogens is 216 g/mol. The van der Waals surface area contributed by atoms with Crippen molar-refractivity contribution >= 4 is 5.91 Å². The summed E-state index contributed by atoms with van der Waals surface area (Å²) in [5.74, 6) is -4.98. The monoisotopic (exact) mass is 228 g/mol. The standard InChI is InChI=1S/C8H12F4N2O/c9-5(10)8(11,12)4-14-6(15)7(13)2-1-3-7/h5H,1-4,13H2,(H,14,15). The summed E-state index contributed by atoms with van der Waals surface area (Å²) in [7, 11) is 0. The summed E-state index contributed by atoms with van der Waals surface area (Å²) in [4.78, 5) is 11.2. The molecule has 0 spiro atoms. The van der Waals surface area contributed by atoms with Crippen molar-refractivity contribution in [2.24, 2.45) is 5.73 Å². The minimum absolute atomic E-state index is 0.402. The van der Waals surface area contributed by atoms with Crippen LogP contribution in [-0.4, -0.2) is 30.3 Å². The van der Waals surface area contributed by atoms with Crippen LogP contribution in [0.2, 0.25) is 0 Å². The number of halogens is 4. The minimum Gasteiger partial charge on any atom is -0.348 e. The Morgan fingerprint density at radius 3 is 2.33 bits per heavy atom. The van der Waals surface area contributed by atoms with Crippen LogP contribution in [0, 0.1) is 0 Å². The number of hydrogen-bond donors (Lipinski definition) is 2. The smallest absolute Gasteiger partial charge is 0.324 e. The zero-order valence-electron chi connectivity index (χ0n) is 7.90. The number of hydrogen-bond acceptors (Lipinski definition) is 2. The fourth-order valence-electron chi connectivity index (χ4n) is 1.24. The highest BCUT2D eigenvalue weighted by atomic mass is 19.3. The molecule has 1 aliphatic carbocycles. The van der Waals surface area contributed by atoms with Gasteiger partial charge in [-0.15, -0.1) is 0 Å². The molecule has 1 fully saturated rings. The first-order valence-electron chi connectivity index (χ1n) is 4.51. The van der Waals surface area contributed by atoms with E-state index in [2.05, 4.69) is 0 Å². The van der Waals surface area contributed by atoms with Crippen LogP contribution in [0.5, 0.6) is 0 Å². The van der Waals surface area contributed by atoms with E-state index < -0.39 is 30.3 Å². The molecule has 15 heavy (non-hydrogen) atoms. The van der Waals surface area contributed by atoms with Crippen molar-refractivity contribution in [1.82, 2.24) is 5.32 Å². The first-order valence-corrected chi connectivity index (χ1v) is 4.51. The fourth-order valence-corrected chi connectivity index (χ4v) is 1.24. The number of amides is 1. The topological polar surface area (TPSA) is 55.1 Å². The molecule has 0 radical (unpaired) electrons. The molecule has 0 saturated heterocycles. The lowest BCUT2D eigenvalue weighted by Crippen LogP contribution is -2.60. The number of alkyl halides is 4. The lowest BCUT2D eigenvalue weighted by atomic mass is 9.77. The third kappa shape index (κ3) is 2.58. The molecule has 3 N–H and O–H groups in total. The largest absolute Gasteiger partial charge is 0.348 e. The minimum atomic E-state index is -4.20. The van der Waals surface area contributed by atoms with Gasteiger partial charge >= 0.3 is 12.3 Å². The van der Waals surface area contributed by atoms with Gasteiger partial charge in [0.25, 0.3) is 0 Å². The van der Waals surface area contributed by atoms with Crippen LogP contribution in [0.3, 0.4) is 0 Å². The third-order valence-corrected chi connectivity index (χ3v) is 2.50. The van der Waals surface area contributed by atoms with Gasteiger partial charge < -0.3 is 11.1 Å². The summed E-state index contributed by atoms with van der Waals surface area (Å²) in [6.07, 6.45) is -2.24. The van der Waals surface area contributed by atoms with E-state index in [0.29, 0.717) is 12.8 Å². The highest BCUT2D eigenvalue weighted by Gasteiger charge is 2.44. The van der Waals surface area contributed by atoms with E-state index in [4.69, 9.17) is 5.73 Å². The lowest BCUT2D eigenvalue weighted by Gasteiger charge is -2.36. The van der Waals surface area contributed by atoms with Crippen LogP contribution in [0.4, 0.5) is 17.6 Å². The number of nitrogens with two attached hydrogens (primary N) is 1. The van der Waals surface area contributed by atoms with Gasteiger partial charge in [0.05, 0.1) is 12.1 Å². The van der Waals surface area contributed by atoms with Gasteiger partial charge in [-0.25, -0.2) is 8.78 Å². The molecule has 1 saturated carbocycles. The van der Waals surface area contributed by atoms with Gasteiger partial charge in [0.15, 0.2) is 0 Å². The maximum atomic E-state index is 12.4. The molecule has 0 heterocycles. The van der Waals surface area contributed by atoms with E-state index in [1.54, 1.807) is 5.32 Å². The van der Waals surface area contributed by atoms with Crippen LogP contribution < -0.4 is 11.1 Å². The van der Waals surface area contributed by atoms with E-state index in [1.165, 1.54) is 0 Å². The fraction of sp³-hybridized carbons (Fsp3) is 0.875. The Labute approximate surface area is 84.0 Å². The van der Waals surface area contributed by atoms with Crippen LogP contribution in [0.15, 0.2) is 0 Å². The summed E-state index contributed by atoms with van der Waals surface area (Å²) >= 11 is 0. The molecule has 88 valence electrons.